The summed E-state index contributed by atoms with van der Waals surface area (Å²) in [6.45, 7) is 2.91. The highest BCUT2D eigenvalue weighted by atomic mass is 35.5. The molecule has 152 valence electrons. The molecule has 3 aromatic rings. The Bertz CT molecular complexity index is 984. The van der Waals surface area contributed by atoms with Gasteiger partial charge in [0.1, 0.15) is 11.5 Å². The molecular weight excluding hydrogens is 410 g/mol. The molecule has 0 aliphatic heterocycles. The Morgan fingerprint density at radius 2 is 1.83 bits per heavy atom. The average molecular weight is 432 g/mol. The predicted molar refractivity (Wildman–Crippen MR) is 114 cm³/mol. The minimum Gasteiger partial charge on any atom is -0.494 e. The lowest BCUT2D eigenvalue weighted by Crippen LogP contribution is -2.22. The maximum absolute atomic E-state index is 12.4. The molecular formula is C22H22ClNO4S. The number of rotatable bonds is 9. The molecule has 0 bridgehead atoms. The molecule has 0 fully saturated rings. The molecule has 0 unspecified atom stereocenters. The lowest BCUT2D eigenvalue weighted by molar-refractivity contribution is 0.0921. The number of nitrogens with one attached hydrogen (secondary N) is 1. The lowest BCUT2D eigenvalue weighted by atomic mass is 10.2. The van der Waals surface area contributed by atoms with Crippen molar-refractivity contribution >= 4 is 28.3 Å². The van der Waals surface area contributed by atoms with Crippen LogP contribution in [0, 0.1) is 0 Å². The number of amides is 1. The van der Waals surface area contributed by atoms with E-state index in [1.165, 1.54) is 0 Å². The number of halogens is 1. The fourth-order valence-corrected chi connectivity index (χ4v) is 4.17. The second kappa shape index (κ2) is 10.3. The summed E-state index contributed by atoms with van der Waals surface area (Å²) >= 11 is 6.11. The minimum atomic E-state index is -1.19. The number of hydrogen-bond acceptors (Lipinski definition) is 4. The summed E-state index contributed by atoms with van der Waals surface area (Å²) in [5, 5.41) is 3.41. The standard InChI is InChI=1S/C22H22ClNO4S/c1-2-27-18-9-7-16(8-10-18)13-24-22(25)21-12-11-19(28-21)15-29(26)14-17-5-3-4-6-20(17)23/h3-12H,2,13-15H2,1H3,(H,24,25)/t29-/m1/s1. The molecule has 3 rings (SSSR count). The van der Waals surface area contributed by atoms with Gasteiger partial charge in [-0.2, -0.15) is 0 Å². The Balaban J connectivity index is 1.51. The third-order valence-corrected chi connectivity index (χ3v) is 5.76. The highest BCUT2D eigenvalue weighted by Gasteiger charge is 2.13. The lowest BCUT2D eigenvalue weighted by Gasteiger charge is -2.06. The Morgan fingerprint density at radius 1 is 1.07 bits per heavy atom. The van der Waals surface area contributed by atoms with Crippen LogP contribution >= 0.6 is 11.6 Å². The number of carbonyl (C=O) groups is 1. The number of ether oxygens (including phenoxy) is 1. The SMILES string of the molecule is CCOc1ccc(CNC(=O)c2ccc(C[S@](=O)Cc3ccccc3Cl)o2)cc1. The topological polar surface area (TPSA) is 68.5 Å². The zero-order chi connectivity index (χ0) is 20.6. The summed E-state index contributed by atoms with van der Waals surface area (Å²) < 4.78 is 23.3. The summed E-state index contributed by atoms with van der Waals surface area (Å²) in [5.41, 5.74) is 1.78. The van der Waals surface area contributed by atoms with Gasteiger partial charge in [0.05, 0.1) is 18.1 Å². The van der Waals surface area contributed by atoms with Crippen LogP contribution < -0.4 is 10.1 Å². The van der Waals surface area contributed by atoms with E-state index < -0.39 is 10.8 Å². The van der Waals surface area contributed by atoms with Crippen LogP contribution in [0.25, 0.3) is 0 Å². The maximum Gasteiger partial charge on any atom is 0.287 e. The van der Waals surface area contributed by atoms with E-state index in [1.807, 2.05) is 49.4 Å². The van der Waals surface area contributed by atoms with Crippen molar-refractivity contribution in [3.8, 4) is 5.75 Å². The van der Waals surface area contributed by atoms with Crippen LogP contribution in [0.4, 0.5) is 0 Å². The predicted octanol–water partition coefficient (Wildman–Crippen LogP) is 4.71. The van der Waals surface area contributed by atoms with Crippen LogP contribution in [0.1, 0.15) is 34.4 Å². The molecule has 7 heteroatoms. The zero-order valence-corrected chi connectivity index (χ0v) is 17.6. The van der Waals surface area contributed by atoms with Crippen molar-refractivity contribution in [3.05, 3.63) is 88.3 Å². The summed E-state index contributed by atoms with van der Waals surface area (Å²) in [6, 6.07) is 18.1. The first kappa shape index (κ1) is 21.1. The van der Waals surface area contributed by atoms with E-state index in [2.05, 4.69) is 5.32 Å². The summed E-state index contributed by atoms with van der Waals surface area (Å²) in [7, 11) is -1.19. The first-order valence-corrected chi connectivity index (χ1v) is 11.1. The van der Waals surface area contributed by atoms with Gasteiger partial charge < -0.3 is 14.5 Å². The molecule has 1 atom stereocenters. The number of furan rings is 1. The van der Waals surface area contributed by atoms with Crippen molar-refractivity contribution in [2.75, 3.05) is 6.61 Å². The van der Waals surface area contributed by atoms with Gasteiger partial charge in [-0.05, 0) is 48.4 Å². The first-order valence-electron chi connectivity index (χ1n) is 9.22. The van der Waals surface area contributed by atoms with Gasteiger partial charge in [-0.1, -0.05) is 41.9 Å². The summed E-state index contributed by atoms with van der Waals surface area (Å²) in [5.74, 6) is 1.73. The van der Waals surface area contributed by atoms with Crippen LogP contribution in [0.5, 0.6) is 5.75 Å². The second-order valence-corrected chi connectivity index (χ2v) is 8.21. The third kappa shape index (κ3) is 6.21. The molecule has 0 aliphatic rings. The van der Waals surface area contributed by atoms with Crippen molar-refractivity contribution in [3.63, 3.8) is 0 Å². The van der Waals surface area contributed by atoms with E-state index in [1.54, 1.807) is 18.2 Å². The molecule has 1 aromatic heterocycles. The normalized spacial score (nSPS) is 11.8. The summed E-state index contributed by atoms with van der Waals surface area (Å²) in [6.07, 6.45) is 0. The molecule has 0 radical (unpaired) electrons. The smallest absolute Gasteiger partial charge is 0.287 e. The zero-order valence-electron chi connectivity index (χ0n) is 16.0. The van der Waals surface area contributed by atoms with E-state index in [-0.39, 0.29) is 17.4 Å². The van der Waals surface area contributed by atoms with Crippen LogP contribution in [-0.2, 0) is 28.9 Å². The molecule has 1 amide bonds. The molecule has 0 aliphatic carbocycles. The molecule has 0 saturated carbocycles. The van der Waals surface area contributed by atoms with Gasteiger partial charge in [0.2, 0.25) is 0 Å². The van der Waals surface area contributed by atoms with Gasteiger partial charge >= 0.3 is 0 Å². The number of carbonyl (C=O) groups excluding carboxylic acids is 1. The highest BCUT2D eigenvalue weighted by Crippen LogP contribution is 2.19. The Kier molecular flexibility index (Phi) is 7.49. The summed E-state index contributed by atoms with van der Waals surface area (Å²) in [4.78, 5) is 12.3. The van der Waals surface area contributed by atoms with Crippen molar-refractivity contribution < 1.29 is 18.2 Å². The molecule has 1 N–H and O–H groups in total. The molecule has 5 nitrogen and oxygen atoms in total. The molecule has 1 heterocycles. The second-order valence-electron chi connectivity index (χ2n) is 6.35. The maximum atomic E-state index is 12.4. The van der Waals surface area contributed by atoms with Crippen molar-refractivity contribution in [1.82, 2.24) is 5.32 Å². The van der Waals surface area contributed by atoms with Crippen LogP contribution in [0.3, 0.4) is 0 Å². The van der Waals surface area contributed by atoms with Gasteiger partial charge in [0.15, 0.2) is 5.76 Å². The minimum absolute atomic E-state index is 0.195. The molecule has 29 heavy (non-hydrogen) atoms. The number of benzene rings is 2. The van der Waals surface area contributed by atoms with Gasteiger partial charge in [-0.25, -0.2) is 0 Å². The van der Waals surface area contributed by atoms with Gasteiger partial charge in [-0.3, -0.25) is 9.00 Å². The van der Waals surface area contributed by atoms with Gasteiger partial charge in [-0.15, -0.1) is 0 Å². The van der Waals surface area contributed by atoms with Gasteiger partial charge in [0.25, 0.3) is 5.91 Å². The van der Waals surface area contributed by atoms with Crippen molar-refractivity contribution in [1.29, 1.82) is 0 Å². The van der Waals surface area contributed by atoms with E-state index in [9.17, 15) is 9.00 Å². The largest absolute Gasteiger partial charge is 0.494 e. The third-order valence-electron chi connectivity index (χ3n) is 4.15. The Morgan fingerprint density at radius 3 is 2.55 bits per heavy atom. The number of hydrogen-bond donors (Lipinski definition) is 1. The average Bonchev–Trinajstić information content (AvgIpc) is 3.17. The molecule has 0 spiro atoms. The van der Waals surface area contributed by atoms with E-state index in [4.69, 9.17) is 20.8 Å². The van der Waals surface area contributed by atoms with Crippen molar-refractivity contribution in [2.24, 2.45) is 0 Å². The molecule has 0 saturated heterocycles. The highest BCUT2D eigenvalue weighted by molar-refractivity contribution is 7.83. The van der Waals surface area contributed by atoms with Gasteiger partial charge in [0, 0.05) is 22.4 Å². The fraction of sp³-hybridized carbons (Fsp3) is 0.227. The first-order chi connectivity index (χ1) is 14.0. The molecule has 2 aromatic carbocycles. The van der Waals surface area contributed by atoms with E-state index >= 15 is 0 Å². The quantitative estimate of drug-likeness (QED) is 0.532. The van der Waals surface area contributed by atoms with Crippen LogP contribution in [-0.4, -0.2) is 16.7 Å². The van der Waals surface area contributed by atoms with E-state index in [0.29, 0.717) is 29.7 Å². The van der Waals surface area contributed by atoms with Crippen LogP contribution in [0.2, 0.25) is 5.02 Å². The fourth-order valence-electron chi connectivity index (χ4n) is 2.72. The monoisotopic (exact) mass is 431 g/mol. The van der Waals surface area contributed by atoms with Crippen molar-refractivity contribution in [2.45, 2.75) is 25.0 Å². The Hall–Kier alpha value is -2.57. The van der Waals surface area contributed by atoms with Crippen LogP contribution in [0.15, 0.2) is 65.1 Å². The van der Waals surface area contributed by atoms with E-state index in [0.717, 1.165) is 16.9 Å². The Labute approximate surface area is 177 Å².